The Kier molecular flexibility index (Phi) is 6.43. The van der Waals surface area contributed by atoms with E-state index in [9.17, 15) is 14.4 Å². The van der Waals surface area contributed by atoms with E-state index >= 15 is 0 Å². The largest absolute Gasteiger partial charge is 0.452 e. The SMILES string of the molecule is CN(C)C(=O)CNC(=O)COC(=O)c1ccccc1I. The van der Waals surface area contributed by atoms with E-state index in [-0.39, 0.29) is 12.5 Å². The quantitative estimate of drug-likeness (QED) is 0.592. The van der Waals surface area contributed by atoms with Crippen molar-refractivity contribution < 1.29 is 19.1 Å². The summed E-state index contributed by atoms with van der Waals surface area (Å²) in [6.45, 7) is -0.531. The summed E-state index contributed by atoms with van der Waals surface area (Å²) in [5.41, 5.74) is 0.408. The summed E-state index contributed by atoms with van der Waals surface area (Å²) in [5, 5.41) is 2.38. The van der Waals surface area contributed by atoms with E-state index in [2.05, 4.69) is 5.32 Å². The van der Waals surface area contributed by atoms with Gasteiger partial charge in [-0.15, -0.1) is 0 Å². The van der Waals surface area contributed by atoms with E-state index in [4.69, 9.17) is 4.74 Å². The van der Waals surface area contributed by atoms with Crippen molar-refractivity contribution in [3.63, 3.8) is 0 Å². The van der Waals surface area contributed by atoms with Crippen LogP contribution < -0.4 is 5.32 Å². The maximum atomic E-state index is 11.7. The van der Waals surface area contributed by atoms with Gasteiger partial charge in [-0.3, -0.25) is 9.59 Å². The van der Waals surface area contributed by atoms with Crippen LogP contribution in [0.4, 0.5) is 0 Å². The maximum absolute atomic E-state index is 11.7. The second kappa shape index (κ2) is 7.83. The first-order valence-electron chi connectivity index (χ1n) is 5.80. The average molecular weight is 390 g/mol. The van der Waals surface area contributed by atoms with Crippen LogP contribution in [0.1, 0.15) is 10.4 Å². The molecule has 0 aliphatic rings. The predicted octanol–water partition coefficient (Wildman–Crippen LogP) is 0.652. The van der Waals surface area contributed by atoms with Crippen molar-refractivity contribution in [2.75, 3.05) is 27.2 Å². The Morgan fingerprint density at radius 2 is 1.90 bits per heavy atom. The highest BCUT2D eigenvalue weighted by Gasteiger charge is 2.13. The number of carbonyl (C=O) groups is 3. The molecule has 0 aliphatic carbocycles. The third kappa shape index (κ3) is 5.16. The molecule has 1 N–H and O–H groups in total. The van der Waals surface area contributed by atoms with Gasteiger partial charge >= 0.3 is 5.97 Å². The summed E-state index contributed by atoms with van der Waals surface area (Å²) in [7, 11) is 3.18. The number of amides is 2. The number of carbonyl (C=O) groups excluding carboxylic acids is 3. The van der Waals surface area contributed by atoms with Gasteiger partial charge in [0.05, 0.1) is 12.1 Å². The van der Waals surface area contributed by atoms with E-state index in [1.54, 1.807) is 38.4 Å². The van der Waals surface area contributed by atoms with Gasteiger partial charge in [0.1, 0.15) is 0 Å². The number of nitrogens with zero attached hydrogens (tertiary/aromatic N) is 1. The molecule has 0 spiro atoms. The molecule has 0 aliphatic heterocycles. The van der Waals surface area contributed by atoms with Gasteiger partial charge in [0.15, 0.2) is 6.61 Å². The van der Waals surface area contributed by atoms with E-state index in [1.165, 1.54) is 4.90 Å². The minimum Gasteiger partial charge on any atom is -0.452 e. The Hall–Kier alpha value is -1.64. The second-order valence-electron chi connectivity index (χ2n) is 4.12. The van der Waals surface area contributed by atoms with Gasteiger partial charge in [-0.1, -0.05) is 12.1 Å². The number of nitrogens with one attached hydrogen (secondary N) is 1. The van der Waals surface area contributed by atoms with E-state index in [0.717, 1.165) is 3.57 Å². The van der Waals surface area contributed by atoms with Gasteiger partial charge in [-0.05, 0) is 34.7 Å². The van der Waals surface area contributed by atoms with Gasteiger partial charge < -0.3 is 15.0 Å². The molecule has 1 aromatic carbocycles. The molecule has 0 unspecified atom stereocenters. The standard InChI is InChI=1S/C13H15IN2O4/c1-16(2)12(18)7-15-11(17)8-20-13(19)9-5-3-4-6-10(9)14/h3-6H,7-8H2,1-2H3,(H,15,17). The molecule has 0 heterocycles. The molecule has 6 nitrogen and oxygen atoms in total. The monoisotopic (exact) mass is 390 g/mol. The Bertz CT molecular complexity index is 517. The van der Waals surface area contributed by atoms with Crippen molar-refractivity contribution in [2.45, 2.75) is 0 Å². The smallest absolute Gasteiger partial charge is 0.339 e. The van der Waals surface area contributed by atoms with Crippen LogP contribution in [0.2, 0.25) is 0 Å². The molecule has 0 atom stereocenters. The number of hydrogen-bond donors (Lipinski definition) is 1. The molecule has 2 amide bonds. The molecule has 1 aromatic rings. The molecule has 7 heteroatoms. The minimum atomic E-state index is -0.566. The van der Waals surface area contributed by atoms with E-state index in [1.807, 2.05) is 22.6 Å². The Morgan fingerprint density at radius 1 is 1.25 bits per heavy atom. The highest BCUT2D eigenvalue weighted by Crippen LogP contribution is 2.12. The second-order valence-corrected chi connectivity index (χ2v) is 5.28. The van der Waals surface area contributed by atoms with Crippen LogP contribution in [0.5, 0.6) is 0 Å². The number of hydrogen-bond acceptors (Lipinski definition) is 4. The summed E-state index contributed by atoms with van der Waals surface area (Å²) in [4.78, 5) is 35.8. The van der Waals surface area contributed by atoms with Crippen LogP contribution in [0.3, 0.4) is 0 Å². The maximum Gasteiger partial charge on any atom is 0.339 e. The lowest BCUT2D eigenvalue weighted by Crippen LogP contribution is -2.38. The molecular formula is C13H15IN2O4. The highest BCUT2D eigenvalue weighted by atomic mass is 127. The fourth-order valence-electron chi connectivity index (χ4n) is 1.22. The topological polar surface area (TPSA) is 75.7 Å². The van der Waals surface area contributed by atoms with Gasteiger partial charge in [0, 0.05) is 17.7 Å². The summed E-state index contributed by atoms with van der Waals surface area (Å²) >= 11 is 2.01. The van der Waals surface area contributed by atoms with Crippen LogP contribution in [-0.2, 0) is 14.3 Å². The average Bonchev–Trinajstić information content (AvgIpc) is 2.42. The van der Waals surface area contributed by atoms with Gasteiger partial charge in [0.25, 0.3) is 5.91 Å². The molecule has 108 valence electrons. The number of benzene rings is 1. The molecule has 1 rings (SSSR count). The minimum absolute atomic E-state index is 0.119. The Morgan fingerprint density at radius 3 is 2.50 bits per heavy atom. The zero-order valence-electron chi connectivity index (χ0n) is 11.2. The zero-order chi connectivity index (χ0) is 15.1. The van der Waals surface area contributed by atoms with Crippen LogP contribution in [0.15, 0.2) is 24.3 Å². The number of ether oxygens (including phenoxy) is 1. The summed E-state index contributed by atoms with van der Waals surface area (Å²) in [6, 6.07) is 6.91. The van der Waals surface area contributed by atoms with Crippen LogP contribution in [0.25, 0.3) is 0 Å². The van der Waals surface area contributed by atoms with Crippen molar-refractivity contribution in [2.24, 2.45) is 0 Å². The van der Waals surface area contributed by atoms with E-state index in [0.29, 0.717) is 5.56 Å². The molecule has 0 saturated heterocycles. The first kappa shape index (κ1) is 16.4. The van der Waals surface area contributed by atoms with Crippen molar-refractivity contribution >= 4 is 40.4 Å². The van der Waals surface area contributed by atoms with Crippen molar-refractivity contribution in [1.29, 1.82) is 0 Å². The molecule has 0 aromatic heterocycles. The fourth-order valence-corrected chi connectivity index (χ4v) is 1.83. The summed E-state index contributed by atoms with van der Waals surface area (Å²) < 4.78 is 5.63. The van der Waals surface area contributed by atoms with Crippen molar-refractivity contribution in [1.82, 2.24) is 10.2 Å². The molecular weight excluding hydrogens is 375 g/mol. The zero-order valence-corrected chi connectivity index (χ0v) is 13.3. The number of likely N-dealkylation sites (N-methyl/N-ethyl adjacent to an activating group) is 1. The first-order valence-corrected chi connectivity index (χ1v) is 6.88. The van der Waals surface area contributed by atoms with E-state index < -0.39 is 18.5 Å². The van der Waals surface area contributed by atoms with Crippen LogP contribution in [-0.4, -0.2) is 49.9 Å². The van der Waals surface area contributed by atoms with Gasteiger partial charge in [0.2, 0.25) is 5.91 Å². The number of esters is 1. The molecule has 0 fully saturated rings. The lowest BCUT2D eigenvalue weighted by Gasteiger charge is -2.11. The highest BCUT2D eigenvalue weighted by molar-refractivity contribution is 14.1. The number of rotatable bonds is 5. The van der Waals surface area contributed by atoms with Crippen LogP contribution >= 0.6 is 22.6 Å². The fraction of sp³-hybridized carbons (Fsp3) is 0.308. The third-order valence-corrected chi connectivity index (χ3v) is 3.30. The molecule has 0 radical (unpaired) electrons. The Balaban J connectivity index is 2.40. The summed E-state index contributed by atoms with van der Waals surface area (Å²) in [5.74, 6) is -1.31. The lowest BCUT2D eigenvalue weighted by molar-refractivity contribution is -0.131. The molecule has 0 bridgehead atoms. The first-order chi connectivity index (χ1) is 9.41. The molecule has 0 saturated carbocycles. The summed E-state index contributed by atoms with van der Waals surface area (Å²) in [6.07, 6.45) is 0. The normalized spacial score (nSPS) is 9.75. The third-order valence-electron chi connectivity index (χ3n) is 2.36. The number of halogens is 1. The lowest BCUT2D eigenvalue weighted by atomic mass is 10.2. The predicted molar refractivity (Wildman–Crippen MR) is 81.1 cm³/mol. The van der Waals surface area contributed by atoms with Crippen LogP contribution in [0, 0.1) is 3.57 Å². The van der Waals surface area contributed by atoms with Gasteiger partial charge in [-0.25, -0.2) is 4.79 Å². The van der Waals surface area contributed by atoms with Crippen molar-refractivity contribution in [3.8, 4) is 0 Å². The Labute approximate surface area is 130 Å². The molecule has 20 heavy (non-hydrogen) atoms. The van der Waals surface area contributed by atoms with Crippen molar-refractivity contribution in [3.05, 3.63) is 33.4 Å². The van der Waals surface area contributed by atoms with Gasteiger partial charge in [-0.2, -0.15) is 0 Å².